The lowest BCUT2D eigenvalue weighted by Crippen LogP contribution is -2.50. The van der Waals surface area contributed by atoms with Crippen molar-refractivity contribution in [2.75, 3.05) is 26.2 Å². The van der Waals surface area contributed by atoms with E-state index in [1.165, 1.54) is 198 Å². The highest BCUT2D eigenvalue weighted by Gasteiger charge is 2.24. The van der Waals surface area contributed by atoms with Gasteiger partial charge in [0.25, 0.3) is 0 Å². The second kappa shape index (κ2) is 28.5. The molecule has 0 aromatic heterocycles. The van der Waals surface area contributed by atoms with Crippen LogP contribution in [0.25, 0.3) is 0 Å². The van der Waals surface area contributed by atoms with E-state index < -0.39 is 0 Å². The Morgan fingerprint density at radius 2 is 0.457 bits per heavy atom. The summed E-state index contributed by atoms with van der Waals surface area (Å²) >= 11 is 0. The lowest BCUT2D eigenvalue weighted by Gasteiger charge is -2.39. The largest absolute Gasteiger partial charge is 0.324 e. The first-order valence-corrected chi connectivity index (χ1v) is 17.1. The first-order valence-electron chi connectivity index (χ1n) is 17.1. The predicted molar refractivity (Wildman–Crippen MR) is 162 cm³/mol. The maximum atomic E-state index is 2.41. The van der Waals surface area contributed by atoms with E-state index in [4.69, 9.17) is 0 Å². The highest BCUT2D eigenvalue weighted by molar-refractivity contribution is 4.53. The molecule has 0 fully saturated rings. The molecular formula is C34H72N+. The van der Waals surface area contributed by atoms with Crippen LogP contribution < -0.4 is 0 Å². The quantitative estimate of drug-likeness (QED) is 0.0687. The molecule has 0 aromatic rings. The monoisotopic (exact) mass is 495 g/mol. The van der Waals surface area contributed by atoms with Crippen molar-refractivity contribution in [1.82, 2.24) is 0 Å². The van der Waals surface area contributed by atoms with E-state index in [9.17, 15) is 0 Å². The molecule has 0 bridgehead atoms. The minimum Gasteiger partial charge on any atom is -0.324 e. The van der Waals surface area contributed by atoms with Crippen molar-refractivity contribution in [3.8, 4) is 0 Å². The molecule has 0 spiro atoms. The smallest absolute Gasteiger partial charge is 0.0786 e. The second-order valence-corrected chi connectivity index (χ2v) is 12.0. The van der Waals surface area contributed by atoms with Crippen molar-refractivity contribution < 1.29 is 4.48 Å². The summed E-state index contributed by atoms with van der Waals surface area (Å²) in [4.78, 5) is 0. The Balaban J connectivity index is 3.84. The lowest BCUT2D eigenvalue weighted by molar-refractivity contribution is -0.928. The molecule has 0 amide bonds. The molecule has 1 nitrogen and oxygen atoms in total. The molecule has 0 aliphatic carbocycles. The van der Waals surface area contributed by atoms with Crippen molar-refractivity contribution in [2.45, 2.75) is 195 Å². The summed E-state index contributed by atoms with van der Waals surface area (Å²) in [5.41, 5.74) is 0. The Bertz CT molecular complexity index is 341. The van der Waals surface area contributed by atoms with Gasteiger partial charge in [0.05, 0.1) is 26.2 Å². The maximum absolute atomic E-state index is 2.41. The van der Waals surface area contributed by atoms with Crippen molar-refractivity contribution in [2.24, 2.45) is 0 Å². The van der Waals surface area contributed by atoms with E-state index in [1.54, 1.807) is 0 Å². The van der Waals surface area contributed by atoms with Crippen LogP contribution in [0.5, 0.6) is 0 Å². The fraction of sp³-hybridized carbons (Fsp3) is 1.00. The van der Waals surface area contributed by atoms with E-state index >= 15 is 0 Å². The molecule has 0 aliphatic rings. The van der Waals surface area contributed by atoms with Crippen LogP contribution >= 0.6 is 0 Å². The zero-order valence-corrected chi connectivity index (χ0v) is 25.7. The first kappa shape index (κ1) is 35.0. The van der Waals surface area contributed by atoms with Crippen LogP contribution in [0, 0.1) is 0 Å². The Kier molecular flexibility index (Phi) is 28.5. The Morgan fingerprint density at radius 3 is 0.686 bits per heavy atom. The zero-order valence-electron chi connectivity index (χ0n) is 25.7. The van der Waals surface area contributed by atoms with Crippen LogP contribution in [-0.2, 0) is 0 Å². The molecular weight excluding hydrogens is 422 g/mol. The minimum absolute atomic E-state index is 1.36. The molecule has 0 atom stereocenters. The third-order valence-electron chi connectivity index (χ3n) is 8.37. The van der Waals surface area contributed by atoms with E-state index in [0.29, 0.717) is 0 Å². The topological polar surface area (TPSA) is 0 Å². The summed E-state index contributed by atoms with van der Waals surface area (Å²) in [5.74, 6) is 0. The van der Waals surface area contributed by atoms with Gasteiger partial charge >= 0.3 is 0 Å². The van der Waals surface area contributed by atoms with Gasteiger partial charge in [0.2, 0.25) is 0 Å². The van der Waals surface area contributed by atoms with Crippen molar-refractivity contribution in [1.29, 1.82) is 0 Å². The van der Waals surface area contributed by atoms with Crippen molar-refractivity contribution in [3.63, 3.8) is 0 Å². The molecule has 0 saturated heterocycles. The molecule has 0 rings (SSSR count). The molecule has 212 valence electrons. The summed E-state index contributed by atoms with van der Waals surface area (Å²) in [6, 6.07) is 0. The number of hydrogen-bond donors (Lipinski definition) is 0. The molecule has 0 radical (unpaired) electrons. The van der Waals surface area contributed by atoms with Gasteiger partial charge in [0.15, 0.2) is 0 Å². The SMILES string of the molecule is CCCCCCCCCCCCCC[N+](CCC)(CCC)CCCCCCCCCCCCCC. The second-order valence-electron chi connectivity index (χ2n) is 12.0. The van der Waals surface area contributed by atoms with E-state index in [0.717, 1.165) is 0 Å². The fourth-order valence-corrected chi connectivity index (χ4v) is 6.20. The highest BCUT2D eigenvalue weighted by Crippen LogP contribution is 2.19. The molecule has 0 N–H and O–H groups in total. The Hall–Kier alpha value is -0.0400. The van der Waals surface area contributed by atoms with Crippen LogP contribution in [0.15, 0.2) is 0 Å². The average Bonchev–Trinajstić information content (AvgIpc) is 2.85. The molecule has 0 aromatic carbocycles. The Labute approximate surface area is 225 Å². The average molecular weight is 495 g/mol. The molecule has 1 heteroatoms. The van der Waals surface area contributed by atoms with Gasteiger partial charge in [-0.2, -0.15) is 0 Å². The molecule has 0 unspecified atom stereocenters. The molecule has 35 heavy (non-hydrogen) atoms. The van der Waals surface area contributed by atoms with Gasteiger partial charge in [-0.25, -0.2) is 0 Å². The number of unbranched alkanes of at least 4 members (excludes halogenated alkanes) is 22. The van der Waals surface area contributed by atoms with Gasteiger partial charge in [-0.1, -0.05) is 156 Å². The normalized spacial score (nSPS) is 12.0. The van der Waals surface area contributed by atoms with Crippen LogP contribution in [0.4, 0.5) is 0 Å². The van der Waals surface area contributed by atoms with Gasteiger partial charge in [-0.05, 0) is 38.5 Å². The third kappa shape index (κ3) is 24.1. The minimum atomic E-state index is 1.36. The van der Waals surface area contributed by atoms with Crippen molar-refractivity contribution >= 4 is 0 Å². The summed E-state index contributed by atoms with van der Waals surface area (Å²) in [6.45, 7) is 15.2. The van der Waals surface area contributed by atoms with Gasteiger partial charge in [-0.3, -0.25) is 0 Å². The molecule has 0 saturated carbocycles. The summed E-state index contributed by atoms with van der Waals surface area (Å²) in [7, 11) is 0. The lowest BCUT2D eigenvalue weighted by atomic mass is 10.0. The standard InChI is InChI=1S/C34H72N/c1-5-9-11-13-15-17-19-21-23-25-27-29-33-35(31-7-3,32-8-4)34-30-28-26-24-22-20-18-16-14-12-10-6-2/h5-34H2,1-4H3/q+1. The van der Waals surface area contributed by atoms with Gasteiger partial charge in [0, 0.05) is 0 Å². The summed E-state index contributed by atoms with van der Waals surface area (Å²) in [5, 5.41) is 0. The Morgan fingerprint density at radius 1 is 0.229 bits per heavy atom. The van der Waals surface area contributed by atoms with E-state index in [2.05, 4.69) is 27.7 Å². The van der Waals surface area contributed by atoms with E-state index in [1.807, 2.05) is 0 Å². The maximum Gasteiger partial charge on any atom is 0.0786 e. The number of quaternary nitrogens is 1. The van der Waals surface area contributed by atoms with Gasteiger partial charge in [0.1, 0.15) is 0 Å². The van der Waals surface area contributed by atoms with Crippen LogP contribution in [-0.4, -0.2) is 30.7 Å². The summed E-state index contributed by atoms with van der Waals surface area (Å²) < 4.78 is 1.43. The van der Waals surface area contributed by atoms with Crippen LogP contribution in [0.2, 0.25) is 0 Å². The molecule has 0 heterocycles. The van der Waals surface area contributed by atoms with Gasteiger partial charge in [-0.15, -0.1) is 0 Å². The zero-order chi connectivity index (χ0) is 25.7. The highest BCUT2D eigenvalue weighted by atomic mass is 15.3. The summed E-state index contributed by atoms with van der Waals surface area (Å²) in [6.07, 6.45) is 37.9. The number of hydrogen-bond acceptors (Lipinski definition) is 0. The van der Waals surface area contributed by atoms with Crippen LogP contribution in [0.1, 0.15) is 195 Å². The van der Waals surface area contributed by atoms with Crippen molar-refractivity contribution in [3.05, 3.63) is 0 Å². The fourth-order valence-electron chi connectivity index (χ4n) is 6.20. The number of nitrogens with zero attached hydrogens (tertiary/aromatic N) is 1. The number of rotatable bonds is 30. The van der Waals surface area contributed by atoms with Gasteiger partial charge < -0.3 is 4.48 Å². The third-order valence-corrected chi connectivity index (χ3v) is 8.37. The first-order chi connectivity index (χ1) is 17.2. The van der Waals surface area contributed by atoms with Crippen LogP contribution in [0.3, 0.4) is 0 Å². The van der Waals surface area contributed by atoms with E-state index in [-0.39, 0.29) is 0 Å². The predicted octanol–water partition coefficient (Wildman–Crippen LogP) is 12.0. The molecule has 0 aliphatic heterocycles.